The summed E-state index contributed by atoms with van der Waals surface area (Å²) in [6.45, 7) is -2.98. The molecule has 0 aliphatic carbocycles. The summed E-state index contributed by atoms with van der Waals surface area (Å²) in [5.41, 5.74) is -2.95. The fourth-order valence-electron chi connectivity index (χ4n) is 0.528. The van der Waals surface area contributed by atoms with Crippen LogP contribution >= 0.6 is 0 Å². The van der Waals surface area contributed by atoms with E-state index in [1.807, 2.05) is 0 Å². The van der Waals surface area contributed by atoms with Crippen molar-refractivity contribution in [2.45, 2.75) is 19.4 Å². The van der Waals surface area contributed by atoms with Crippen molar-refractivity contribution in [1.82, 2.24) is 15.0 Å². The molecule has 1 rings (SSSR count). The van der Waals surface area contributed by atoms with Gasteiger partial charge in [0.15, 0.2) is 5.72 Å². The van der Waals surface area contributed by atoms with Gasteiger partial charge >= 0.3 is 0 Å². The van der Waals surface area contributed by atoms with Crippen LogP contribution in [0.4, 0.5) is 0 Å². The molecule has 0 spiro atoms. The van der Waals surface area contributed by atoms with Crippen molar-refractivity contribution in [2.24, 2.45) is 0 Å². The largest absolute Gasteiger partial charge is 0.370 e. The first kappa shape index (κ1) is 3.06. The second-order valence-electron chi connectivity index (χ2n) is 1.96. The first-order valence-electron chi connectivity index (χ1n) is 5.81. The van der Waals surface area contributed by atoms with E-state index in [1.54, 1.807) is 0 Å². The molecule has 0 unspecified atom stereocenters. The fourth-order valence-corrected chi connectivity index (χ4v) is 0.528. The third kappa shape index (κ3) is 1.65. The highest BCUT2D eigenvalue weighted by molar-refractivity contribution is 5.38. The minimum atomic E-state index is -3.18. The van der Waals surface area contributed by atoms with E-state index in [2.05, 4.69) is 16.9 Å². The Morgan fingerprint density at radius 3 is 3.09 bits per heavy atom. The standard InChI is InChI=1S/C7H11N3O/c1-4-6-5-10(9-8-6)7(2,3)11/h4-5,11H,1H2,2-3H3/i2D3,3D3. The van der Waals surface area contributed by atoms with E-state index < -0.39 is 19.4 Å². The van der Waals surface area contributed by atoms with Gasteiger partial charge in [-0.15, -0.1) is 5.10 Å². The summed E-state index contributed by atoms with van der Waals surface area (Å²) in [6, 6.07) is 0. The maximum Gasteiger partial charge on any atom is 0.153 e. The number of aliphatic hydroxyl groups is 1. The maximum atomic E-state index is 9.97. The summed E-state index contributed by atoms with van der Waals surface area (Å²) in [5, 5.41) is 16.7. The zero-order chi connectivity index (χ0) is 13.5. The molecular formula is C7H11N3O. The summed E-state index contributed by atoms with van der Waals surface area (Å²) < 4.78 is 43.3. The molecule has 0 amide bonds. The Kier molecular flexibility index (Phi) is 0.687. The second-order valence-corrected chi connectivity index (χ2v) is 1.96. The lowest BCUT2D eigenvalue weighted by Crippen LogP contribution is -2.25. The Bertz CT molecular complexity index is 406. The average Bonchev–Trinajstić information content (AvgIpc) is 2.61. The maximum absolute atomic E-state index is 9.97. The minimum Gasteiger partial charge on any atom is -0.370 e. The Labute approximate surface area is 73.6 Å². The molecule has 4 heteroatoms. The monoisotopic (exact) mass is 159 g/mol. The van der Waals surface area contributed by atoms with Gasteiger partial charge in [-0.25, -0.2) is 4.68 Å². The van der Waals surface area contributed by atoms with Gasteiger partial charge in [0, 0.05) is 8.22 Å². The van der Waals surface area contributed by atoms with Crippen molar-refractivity contribution in [2.75, 3.05) is 0 Å². The van der Waals surface area contributed by atoms with Crippen molar-refractivity contribution in [3.05, 3.63) is 18.5 Å². The van der Waals surface area contributed by atoms with E-state index in [9.17, 15) is 5.11 Å². The first-order valence-corrected chi connectivity index (χ1v) is 2.81. The molecular weight excluding hydrogens is 142 g/mol. The van der Waals surface area contributed by atoms with E-state index in [4.69, 9.17) is 8.22 Å². The van der Waals surface area contributed by atoms with E-state index in [0.29, 0.717) is 4.68 Å². The van der Waals surface area contributed by atoms with Crippen molar-refractivity contribution in [3.8, 4) is 0 Å². The van der Waals surface area contributed by atoms with Gasteiger partial charge in [0.05, 0.1) is 6.20 Å². The van der Waals surface area contributed by atoms with Crippen LogP contribution in [0.3, 0.4) is 0 Å². The predicted octanol–water partition coefficient (Wildman–Crippen LogP) is 0.606. The highest BCUT2D eigenvalue weighted by atomic mass is 16.3. The number of nitrogens with zero attached hydrogens (tertiary/aromatic N) is 3. The smallest absolute Gasteiger partial charge is 0.153 e. The van der Waals surface area contributed by atoms with Crippen LogP contribution in [0.25, 0.3) is 6.08 Å². The second kappa shape index (κ2) is 2.47. The lowest BCUT2D eigenvalue weighted by atomic mass is 10.3. The highest BCUT2D eigenvalue weighted by Gasteiger charge is 2.15. The molecule has 60 valence electrons. The molecule has 0 radical (unpaired) electrons. The summed E-state index contributed by atoms with van der Waals surface area (Å²) >= 11 is 0. The summed E-state index contributed by atoms with van der Waals surface area (Å²) in [4.78, 5) is 0. The molecule has 0 bridgehead atoms. The quantitative estimate of drug-likeness (QED) is 0.687. The van der Waals surface area contributed by atoms with Gasteiger partial charge in [0.25, 0.3) is 0 Å². The molecule has 1 aromatic heterocycles. The lowest BCUT2D eigenvalue weighted by molar-refractivity contribution is -0.0120. The van der Waals surface area contributed by atoms with E-state index in [-0.39, 0.29) is 5.69 Å². The van der Waals surface area contributed by atoms with Crippen LogP contribution in [-0.4, -0.2) is 20.1 Å². The molecule has 1 N–H and O–H groups in total. The molecule has 1 aromatic rings. The summed E-state index contributed by atoms with van der Waals surface area (Å²) in [6.07, 6.45) is 2.26. The third-order valence-electron chi connectivity index (χ3n) is 1.05. The van der Waals surface area contributed by atoms with Crippen LogP contribution in [0, 0.1) is 0 Å². The van der Waals surface area contributed by atoms with Gasteiger partial charge < -0.3 is 5.11 Å². The van der Waals surface area contributed by atoms with E-state index >= 15 is 0 Å². The van der Waals surface area contributed by atoms with Crippen LogP contribution in [-0.2, 0) is 5.72 Å². The van der Waals surface area contributed by atoms with Crippen molar-refractivity contribution in [3.63, 3.8) is 0 Å². The van der Waals surface area contributed by atoms with Gasteiger partial charge in [0.2, 0.25) is 0 Å². The number of hydrogen-bond acceptors (Lipinski definition) is 3. The van der Waals surface area contributed by atoms with Gasteiger partial charge in [-0.3, -0.25) is 0 Å². The molecule has 0 atom stereocenters. The normalized spacial score (nSPS) is 21.9. The zero-order valence-corrected chi connectivity index (χ0v) is 5.65. The minimum absolute atomic E-state index is 0.164. The molecule has 0 aliphatic rings. The van der Waals surface area contributed by atoms with Crippen molar-refractivity contribution >= 4 is 6.08 Å². The molecule has 11 heavy (non-hydrogen) atoms. The Morgan fingerprint density at radius 1 is 1.91 bits per heavy atom. The van der Waals surface area contributed by atoms with Crippen molar-refractivity contribution < 1.29 is 13.3 Å². The number of rotatable bonds is 2. The van der Waals surface area contributed by atoms with Gasteiger partial charge in [-0.2, -0.15) is 0 Å². The predicted molar refractivity (Wildman–Crippen MR) is 41.7 cm³/mol. The molecule has 0 saturated heterocycles. The topological polar surface area (TPSA) is 50.9 Å². The van der Waals surface area contributed by atoms with Crippen LogP contribution < -0.4 is 0 Å². The number of aromatic nitrogens is 3. The Morgan fingerprint density at radius 2 is 2.64 bits per heavy atom. The summed E-state index contributed by atoms with van der Waals surface area (Å²) in [5.74, 6) is 0. The molecule has 1 heterocycles. The van der Waals surface area contributed by atoms with Gasteiger partial charge in [-0.05, 0) is 19.8 Å². The van der Waals surface area contributed by atoms with Gasteiger partial charge in [-0.1, -0.05) is 11.8 Å². The lowest BCUT2D eigenvalue weighted by Gasteiger charge is -2.15. The average molecular weight is 159 g/mol. The van der Waals surface area contributed by atoms with Crippen LogP contribution in [0.5, 0.6) is 0 Å². The van der Waals surface area contributed by atoms with E-state index in [1.165, 1.54) is 6.08 Å². The Hall–Kier alpha value is -1.16. The SMILES string of the molecule is [2H]C([2H])([2H])C(O)(n1cc(C=C)nn1)C([2H])([2H])[2H]. The third-order valence-corrected chi connectivity index (χ3v) is 1.05. The zero-order valence-electron chi connectivity index (χ0n) is 11.7. The fraction of sp³-hybridized carbons (Fsp3) is 0.429. The van der Waals surface area contributed by atoms with Crippen LogP contribution in [0.15, 0.2) is 12.8 Å². The summed E-state index contributed by atoms with van der Waals surface area (Å²) in [7, 11) is 0. The molecule has 0 aliphatic heterocycles. The first-order chi connectivity index (χ1) is 7.54. The van der Waals surface area contributed by atoms with Crippen LogP contribution in [0.2, 0.25) is 0 Å². The van der Waals surface area contributed by atoms with Crippen molar-refractivity contribution in [1.29, 1.82) is 0 Å². The highest BCUT2D eigenvalue weighted by Crippen LogP contribution is 2.08. The van der Waals surface area contributed by atoms with Gasteiger partial charge in [0.1, 0.15) is 5.69 Å². The molecule has 4 nitrogen and oxygen atoms in total. The number of hydrogen-bond donors (Lipinski definition) is 1. The molecule has 0 saturated carbocycles. The molecule has 0 fully saturated rings. The Balaban J connectivity index is 3.40. The van der Waals surface area contributed by atoms with Crippen LogP contribution in [0.1, 0.15) is 27.6 Å². The molecule has 0 aromatic carbocycles. The van der Waals surface area contributed by atoms with E-state index in [0.717, 1.165) is 6.20 Å².